The number of carbonyl (C=O) groups excluding carboxylic acids is 1. The van der Waals surface area contributed by atoms with Crippen molar-refractivity contribution in [3.63, 3.8) is 0 Å². The summed E-state index contributed by atoms with van der Waals surface area (Å²) in [5.74, 6) is 1.95. The van der Waals surface area contributed by atoms with Gasteiger partial charge >= 0.3 is 0 Å². The molecule has 1 aromatic carbocycles. The van der Waals surface area contributed by atoms with Crippen LogP contribution in [0.5, 0.6) is 11.5 Å². The van der Waals surface area contributed by atoms with Gasteiger partial charge in [-0.2, -0.15) is 0 Å². The van der Waals surface area contributed by atoms with E-state index >= 15 is 0 Å². The summed E-state index contributed by atoms with van der Waals surface area (Å²) in [4.78, 5) is 15.6. The number of anilines is 2. The fourth-order valence-electron chi connectivity index (χ4n) is 1.95. The third-order valence-corrected chi connectivity index (χ3v) is 3.16. The van der Waals surface area contributed by atoms with E-state index in [9.17, 15) is 4.79 Å². The van der Waals surface area contributed by atoms with E-state index in [1.807, 2.05) is 30.3 Å². The Labute approximate surface area is 141 Å². The lowest BCUT2D eigenvalue weighted by Crippen LogP contribution is -2.17. The topological polar surface area (TPSA) is 98.5 Å². The number of nitrogens with two attached hydrogens (primary N) is 1. The van der Waals surface area contributed by atoms with Gasteiger partial charge in [0.05, 0.1) is 19.0 Å². The van der Waals surface area contributed by atoms with Crippen molar-refractivity contribution in [1.29, 1.82) is 0 Å². The fourth-order valence-corrected chi connectivity index (χ4v) is 1.95. The number of nitrogens with zero attached hydrogens (tertiary/aromatic N) is 1. The van der Waals surface area contributed by atoms with Crippen molar-refractivity contribution in [1.82, 2.24) is 4.98 Å². The maximum atomic E-state index is 11.4. The summed E-state index contributed by atoms with van der Waals surface area (Å²) >= 11 is 0. The van der Waals surface area contributed by atoms with Gasteiger partial charge in [0.1, 0.15) is 23.9 Å². The maximum Gasteiger partial charge on any atom is 0.226 e. The summed E-state index contributed by atoms with van der Waals surface area (Å²) in [6.07, 6.45) is 1.94. The molecule has 0 spiro atoms. The summed E-state index contributed by atoms with van der Waals surface area (Å²) in [6.45, 7) is 1.47. The molecule has 0 saturated heterocycles. The molecule has 2 rings (SSSR count). The largest absolute Gasteiger partial charge is 0.497 e. The number of ether oxygens (including phenoxy) is 2. The number of pyridine rings is 1. The van der Waals surface area contributed by atoms with Crippen molar-refractivity contribution in [2.75, 3.05) is 37.4 Å². The van der Waals surface area contributed by atoms with Gasteiger partial charge in [-0.1, -0.05) is 0 Å². The molecule has 0 bridgehead atoms. The Bertz CT molecular complexity index is 629. The molecule has 0 aliphatic heterocycles. The number of methoxy groups -OCH3 is 1. The van der Waals surface area contributed by atoms with Crippen molar-refractivity contribution >= 4 is 17.4 Å². The smallest absolute Gasteiger partial charge is 0.226 e. The van der Waals surface area contributed by atoms with Crippen molar-refractivity contribution in [3.05, 3.63) is 42.6 Å². The zero-order chi connectivity index (χ0) is 17.2. The Balaban J connectivity index is 1.71. The molecular formula is C17H22N4O3. The van der Waals surface area contributed by atoms with Gasteiger partial charge in [0.2, 0.25) is 5.91 Å². The second-order valence-electron chi connectivity index (χ2n) is 4.97. The second kappa shape index (κ2) is 9.36. The standard InChI is InChI=1S/C17H22N4O3/c1-23-14-3-5-15(6-4-14)24-11-10-19-13-2-7-16(20-12-13)21-17(22)8-9-18/h2-7,12,19H,8-11,18H2,1H3,(H,20,21,22). The van der Waals surface area contributed by atoms with Crippen LogP contribution in [-0.4, -0.2) is 37.7 Å². The van der Waals surface area contributed by atoms with Gasteiger partial charge < -0.3 is 25.8 Å². The van der Waals surface area contributed by atoms with E-state index in [0.29, 0.717) is 25.5 Å². The van der Waals surface area contributed by atoms with Gasteiger partial charge in [-0.3, -0.25) is 4.79 Å². The molecule has 0 unspecified atom stereocenters. The van der Waals surface area contributed by atoms with E-state index in [4.69, 9.17) is 15.2 Å². The number of hydrogen-bond donors (Lipinski definition) is 3. The summed E-state index contributed by atoms with van der Waals surface area (Å²) in [5.41, 5.74) is 6.17. The zero-order valence-electron chi connectivity index (χ0n) is 13.6. The van der Waals surface area contributed by atoms with E-state index in [0.717, 1.165) is 17.2 Å². The highest BCUT2D eigenvalue weighted by molar-refractivity contribution is 5.89. The quantitative estimate of drug-likeness (QED) is 0.607. The highest BCUT2D eigenvalue weighted by Gasteiger charge is 2.02. The van der Waals surface area contributed by atoms with Crippen LogP contribution in [-0.2, 0) is 4.79 Å². The third kappa shape index (κ3) is 5.77. The molecule has 7 nitrogen and oxygen atoms in total. The Morgan fingerprint density at radius 2 is 1.92 bits per heavy atom. The Morgan fingerprint density at radius 1 is 1.17 bits per heavy atom. The number of benzene rings is 1. The number of aromatic nitrogens is 1. The van der Waals surface area contributed by atoms with Crippen LogP contribution in [0.1, 0.15) is 6.42 Å². The zero-order valence-corrected chi connectivity index (χ0v) is 13.6. The van der Waals surface area contributed by atoms with Gasteiger partial charge in [0.15, 0.2) is 0 Å². The first-order valence-electron chi connectivity index (χ1n) is 7.68. The van der Waals surface area contributed by atoms with Crippen LogP contribution < -0.4 is 25.8 Å². The lowest BCUT2D eigenvalue weighted by atomic mass is 10.3. The lowest BCUT2D eigenvalue weighted by Gasteiger charge is -2.09. The normalized spacial score (nSPS) is 10.1. The van der Waals surface area contributed by atoms with Crippen molar-refractivity contribution in [2.45, 2.75) is 6.42 Å². The SMILES string of the molecule is COc1ccc(OCCNc2ccc(NC(=O)CCN)nc2)cc1. The second-order valence-corrected chi connectivity index (χ2v) is 4.97. The van der Waals surface area contributed by atoms with Crippen LogP contribution in [0.4, 0.5) is 11.5 Å². The monoisotopic (exact) mass is 330 g/mol. The molecule has 2 aromatic rings. The molecule has 7 heteroatoms. The van der Waals surface area contributed by atoms with Gasteiger partial charge in [-0.15, -0.1) is 0 Å². The van der Waals surface area contributed by atoms with Crippen molar-refractivity contribution < 1.29 is 14.3 Å². The third-order valence-electron chi connectivity index (χ3n) is 3.16. The lowest BCUT2D eigenvalue weighted by molar-refractivity contribution is -0.116. The maximum absolute atomic E-state index is 11.4. The first kappa shape index (κ1) is 17.6. The minimum absolute atomic E-state index is 0.140. The Kier molecular flexibility index (Phi) is 6.85. The minimum Gasteiger partial charge on any atom is -0.497 e. The number of rotatable bonds is 9. The number of carbonyl (C=O) groups is 1. The van der Waals surface area contributed by atoms with E-state index in [1.165, 1.54) is 0 Å². The predicted molar refractivity (Wildman–Crippen MR) is 93.5 cm³/mol. The van der Waals surface area contributed by atoms with Crippen LogP contribution in [0.25, 0.3) is 0 Å². The fraction of sp³-hybridized carbons (Fsp3) is 0.294. The molecule has 0 fully saturated rings. The molecule has 24 heavy (non-hydrogen) atoms. The molecule has 0 radical (unpaired) electrons. The summed E-state index contributed by atoms with van der Waals surface area (Å²) in [7, 11) is 1.63. The average molecular weight is 330 g/mol. The highest BCUT2D eigenvalue weighted by atomic mass is 16.5. The van der Waals surface area contributed by atoms with Crippen LogP contribution >= 0.6 is 0 Å². The van der Waals surface area contributed by atoms with E-state index in [1.54, 1.807) is 19.4 Å². The van der Waals surface area contributed by atoms with Gasteiger partial charge in [0, 0.05) is 19.5 Å². The van der Waals surface area contributed by atoms with Gasteiger partial charge in [0.25, 0.3) is 0 Å². The van der Waals surface area contributed by atoms with Crippen LogP contribution in [0.3, 0.4) is 0 Å². The molecular weight excluding hydrogens is 308 g/mol. The van der Waals surface area contributed by atoms with E-state index in [2.05, 4.69) is 15.6 Å². The molecule has 4 N–H and O–H groups in total. The first-order chi connectivity index (χ1) is 11.7. The molecule has 1 heterocycles. The average Bonchev–Trinajstić information content (AvgIpc) is 2.61. The molecule has 0 atom stereocenters. The minimum atomic E-state index is -0.140. The van der Waals surface area contributed by atoms with Crippen LogP contribution in [0.2, 0.25) is 0 Å². The van der Waals surface area contributed by atoms with Crippen LogP contribution in [0.15, 0.2) is 42.6 Å². The Morgan fingerprint density at radius 3 is 2.54 bits per heavy atom. The molecule has 0 aliphatic carbocycles. The number of hydrogen-bond acceptors (Lipinski definition) is 6. The molecule has 0 aliphatic rings. The highest BCUT2D eigenvalue weighted by Crippen LogP contribution is 2.17. The number of nitrogens with one attached hydrogen (secondary N) is 2. The van der Waals surface area contributed by atoms with E-state index < -0.39 is 0 Å². The van der Waals surface area contributed by atoms with E-state index in [-0.39, 0.29) is 12.3 Å². The molecule has 1 aromatic heterocycles. The van der Waals surface area contributed by atoms with Gasteiger partial charge in [-0.05, 0) is 36.4 Å². The van der Waals surface area contributed by atoms with Crippen LogP contribution in [0, 0.1) is 0 Å². The molecule has 1 amide bonds. The molecule has 0 saturated carbocycles. The summed E-state index contributed by atoms with van der Waals surface area (Å²) < 4.78 is 10.7. The summed E-state index contributed by atoms with van der Waals surface area (Å²) in [5, 5.41) is 5.87. The van der Waals surface area contributed by atoms with Crippen molar-refractivity contribution in [2.24, 2.45) is 5.73 Å². The summed E-state index contributed by atoms with van der Waals surface area (Å²) in [6, 6.07) is 11.0. The number of amides is 1. The molecule has 128 valence electrons. The predicted octanol–water partition coefficient (Wildman–Crippen LogP) is 1.87. The van der Waals surface area contributed by atoms with Crippen molar-refractivity contribution in [3.8, 4) is 11.5 Å². The Hall–Kier alpha value is -2.80. The van der Waals surface area contributed by atoms with Gasteiger partial charge in [-0.25, -0.2) is 4.98 Å². The first-order valence-corrected chi connectivity index (χ1v) is 7.68.